The molecule has 0 saturated carbocycles. The van der Waals surface area contributed by atoms with Crippen molar-refractivity contribution in [3.05, 3.63) is 72.2 Å². The molecule has 4 aromatic rings. The van der Waals surface area contributed by atoms with Gasteiger partial charge in [-0.3, -0.25) is 4.98 Å². The molecule has 5 nitrogen and oxygen atoms in total. The lowest BCUT2D eigenvalue weighted by molar-refractivity contribution is 0.343. The van der Waals surface area contributed by atoms with Crippen LogP contribution < -0.4 is 10.1 Å². The van der Waals surface area contributed by atoms with Crippen LogP contribution in [-0.4, -0.2) is 22.5 Å². The van der Waals surface area contributed by atoms with Crippen molar-refractivity contribution in [3.8, 4) is 22.9 Å². The molecule has 0 atom stereocenters. The second kappa shape index (κ2) is 8.26. The number of benzene rings is 2. The van der Waals surface area contributed by atoms with E-state index in [0.717, 1.165) is 44.7 Å². The van der Waals surface area contributed by atoms with E-state index in [-0.39, 0.29) is 0 Å². The van der Waals surface area contributed by atoms with Crippen LogP contribution in [0.4, 0.5) is 11.4 Å². The lowest BCUT2D eigenvalue weighted by Gasteiger charge is -2.16. The molecule has 2 heterocycles. The van der Waals surface area contributed by atoms with Crippen molar-refractivity contribution < 1.29 is 4.74 Å². The minimum Gasteiger partial charge on any atom is -0.492 e. The SMILES string of the molecule is Cc1c(Nc2c(C#N)cncc2-c2ccc(OCCCl)cc2)ccc2[nH]ccc12. The first-order chi connectivity index (χ1) is 14.2. The Morgan fingerprint density at radius 1 is 1.14 bits per heavy atom. The minimum absolute atomic E-state index is 0.439. The van der Waals surface area contributed by atoms with Gasteiger partial charge in [-0.15, -0.1) is 11.6 Å². The number of nitrogens with one attached hydrogen (secondary N) is 2. The first-order valence-corrected chi connectivity index (χ1v) is 9.75. The number of nitrogens with zero attached hydrogens (tertiary/aromatic N) is 2. The highest BCUT2D eigenvalue weighted by molar-refractivity contribution is 6.18. The number of rotatable bonds is 6. The topological polar surface area (TPSA) is 73.7 Å². The fourth-order valence-corrected chi connectivity index (χ4v) is 3.42. The van der Waals surface area contributed by atoms with Gasteiger partial charge in [0.25, 0.3) is 0 Å². The molecule has 0 aliphatic carbocycles. The summed E-state index contributed by atoms with van der Waals surface area (Å²) < 4.78 is 5.55. The largest absolute Gasteiger partial charge is 0.492 e. The lowest BCUT2D eigenvalue weighted by atomic mass is 10.0. The van der Waals surface area contributed by atoms with Crippen LogP contribution in [0, 0.1) is 18.3 Å². The van der Waals surface area contributed by atoms with Gasteiger partial charge in [0, 0.05) is 40.7 Å². The Hall–Kier alpha value is -3.49. The summed E-state index contributed by atoms with van der Waals surface area (Å²) in [6, 6.07) is 16.0. The molecule has 144 valence electrons. The van der Waals surface area contributed by atoms with E-state index in [1.54, 1.807) is 12.4 Å². The van der Waals surface area contributed by atoms with Crippen LogP contribution in [0.3, 0.4) is 0 Å². The standard InChI is InChI=1S/C23H19ClN4O/c1-15-19-8-10-27-22(19)7-6-21(15)28-23-17(12-25)13-26-14-20(23)16-2-4-18(5-3-16)29-11-9-24/h2-8,10,13-14,27H,9,11H2,1H3,(H,26,28). The summed E-state index contributed by atoms with van der Waals surface area (Å²) >= 11 is 5.68. The van der Waals surface area contributed by atoms with Gasteiger partial charge < -0.3 is 15.0 Å². The maximum Gasteiger partial charge on any atom is 0.119 e. The molecule has 29 heavy (non-hydrogen) atoms. The number of hydrogen-bond acceptors (Lipinski definition) is 4. The van der Waals surface area contributed by atoms with Gasteiger partial charge >= 0.3 is 0 Å². The molecule has 0 saturated heterocycles. The number of fused-ring (bicyclic) bond motifs is 1. The molecule has 0 bridgehead atoms. The second-order valence-corrected chi connectivity index (χ2v) is 6.96. The van der Waals surface area contributed by atoms with E-state index in [1.165, 1.54) is 0 Å². The Kier molecular flexibility index (Phi) is 5.37. The predicted molar refractivity (Wildman–Crippen MR) is 117 cm³/mol. The number of aromatic amines is 1. The number of aromatic nitrogens is 2. The van der Waals surface area contributed by atoms with Crippen molar-refractivity contribution in [2.75, 3.05) is 17.8 Å². The smallest absolute Gasteiger partial charge is 0.119 e. The molecule has 2 aromatic carbocycles. The van der Waals surface area contributed by atoms with Crippen LogP contribution in [0.2, 0.25) is 0 Å². The van der Waals surface area contributed by atoms with Gasteiger partial charge in [-0.2, -0.15) is 5.26 Å². The molecule has 0 radical (unpaired) electrons. The number of nitriles is 1. The maximum atomic E-state index is 9.65. The third-order valence-electron chi connectivity index (χ3n) is 4.84. The van der Waals surface area contributed by atoms with Gasteiger partial charge in [-0.05, 0) is 48.4 Å². The van der Waals surface area contributed by atoms with Crippen molar-refractivity contribution in [2.45, 2.75) is 6.92 Å². The number of alkyl halides is 1. The second-order valence-electron chi connectivity index (χ2n) is 6.59. The number of anilines is 2. The molecular weight excluding hydrogens is 384 g/mol. The summed E-state index contributed by atoms with van der Waals surface area (Å²) in [7, 11) is 0. The predicted octanol–water partition coefficient (Wildman–Crippen LogP) is 5.77. The van der Waals surface area contributed by atoms with Crippen LogP contribution in [0.15, 0.2) is 61.1 Å². The summed E-state index contributed by atoms with van der Waals surface area (Å²) in [5, 5.41) is 14.3. The van der Waals surface area contributed by atoms with Crippen LogP contribution >= 0.6 is 11.6 Å². The van der Waals surface area contributed by atoms with E-state index in [9.17, 15) is 5.26 Å². The van der Waals surface area contributed by atoms with Crippen LogP contribution in [0.5, 0.6) is 5.75 Å². The Morgan fingerprint density at radius 2 is 1.97 bits per heavy atom. The van der Waals surface area contributed by atoms with E-state index < -0.39 is 0 Å². The van der Waals surface area contributed by atoms with E-state index in [0.29, 0.717) is 18.1 Å². The Morgan fingerprint density at radius 3 is 2.72 bits per heavy atom. The number of H-pyrrole nitrogens is 1. The van der Waals surface area contributed by atoms with Gasteiger partial charge in [0.15, 0.2) is 0 Å². The normalized spacial score (nSPS) is 10.7. The Labute approximate surface area is 173 Å². The average Bonchev–Trinajstić information content (AvgIpc) is 3.24. The third kappa shape index (κ3) is 3.75. The van der Waals surface area contributed by atoms with Crippen molar-refractivity contribution in [1.82, 2.24) is 9.97 Å². The zero-order valence-corrected chi connectivity index (χ0v) is 16.6. The van der Waals surface area contributed by atoms with Gasteiger partial charge in [0.2, 0.25) is 0 Å². The maximum absolute atomic E-state index is 9.65. The van der Waals surface area contributed by atoms with E-state index in [1.807, 2.05) is 48.7 Å². The van der Waals surface area contributed by atoms with Gasteiger partial charge in [0.1, 0.15) is 18.4 Å². The van der Waals surface area contributed by atoms with Gasteiger partial charge in [0.05, 0.1) is 17.1 Å². The summed E-state index contributed by atoms with van der Waals surface area (Å²) in [6.45, 7) is 2.52. The summed E-state index contributed by atoms with van der Waals surface area (Å²) in [4.78, 5) is 7.47. The fourth-order valence-electron chi connectivity index (χ4n) is 3.34. The van der Waals surface area contributed by atoms with Crippen molar-refractivity contribution >= 4 is 33.9 Å². The molecular formula is C23H19ClN4O. The zero-order chi connectivity index (χ0) is 20.2. The van der Waals surface area contributed by atoms with Gasteiger partial charge in [-0.25, -0.2) is 0 Å². The number of ether oxygens (including phenoxy) is 1. The lowest BCUT2D eigenvalue weighted by Crippen LogP contribution is -2.00. The van der Waals surface area contributed by atoms with Crippen LogP contribution in [0.25, 0.3) is 22.0 Å². The summed E-state index contributed by atoms with van der Waals surface area (Å²) in [5.41, 5.74) is 6.14. The molecule has 0 amide bonds. The highest BCUT2D eigenvalue weighted by atomic mass is 35.5. The average molecular weight is 403 g/mol. The quantitative estimate of drug-likeness (QED) is 0.401. The van der Waals surface area contributed by atoms with Gasteiger partial charge in [-0.1, -0.05) is 12.1 Å². The molecule has 0 aliphatic heterocycles. The molecule has 0 fully saturated rings. The van der Waals surface area contributed by atoms with E-state index in [4.69, 9.17) is 16.3 Å². The third-order valence-corrected chi connectivity index (χ3v) is 5.00. The number of aryl methyl sites for hydroxylation is 1. The number of pyridine rings is 1. The van der Waals surface area contributed by atoms with Crippen LogP contribution in [0.1, 0.15) is 11.1 Å². The molecule has 2 N–H and O–H groups in total. The Bertz CT molecular complexity index is 1190. The minimum atomic E-state index is 0.439. The first-order valence-electron chi connectivity index (χ1n) is 9.22. The molecule has 4 rings (SSSR count). The van der Waals surface area contributed by atoms with Crippen molar-refractivity contribution in [2.24, 2.45) is 0 Å². The Balaban J connectivity index is 1.75. The highest BCUT2D eigenvalue weighted by Gasteiger charge is 2.14. The van der Waals surface area contributed by atoms with E-state index >= 15 is 0 Å². The van der Waals surface area contributed by atoms with E-state index in [2.05, 4.69) is 28.3 Å². The highest BCUT2D eigenvalue weighted by Crippen LogP contribution is 2.35. The molecule has 0 unspecified atom stereocenters. The van der Waals surface area contributed by atoms with Crippen LogP contribution in [-0.2, 0) is 0 Å². The molecule has 2 aromatic heterocycles. The summed E-state index contributed by atoms with van der Waals surface area (Å²) in [5.74, 6) is 1.19. The summed E-state index contributed by atoms with van der Waals surface area (Å²) in [6.07, 6.45) is 5.27. The molecule has 0 spiro atoms. The molecule has 0 aliphatic rings. The number of hydrogen-bond donors (Lipinski definition) is 2. The fraction of sp³-hybridized carbons (Fsp3) is 0.130. The monoisotopic (exact) mass is 402 g/mol. The zero-order valence-electron chi connectivity index (χ0n) is 15.9. The van der Waals surface area contributed by atoms with Crippen molar-refractivity contribution in [3.63, 3.8) is 0 Å². The van der Waals surface area contributed by atoms with Crippen molar-refractivity contribution in [1.29, 1.82) is 5.26 Å². The first kappa shape index (κ1) is 18.9. The number of halogens is 1. The molecule has 6 heteroatoms.